The van der Waals surface area contributed by atoms with Gasteiger partial charge in [-0.2, -0.15) is 0 Å². The maximum absolute atomic E-state index is 13.4. The van der Waals surface area contributed by atoms with Gasteiger partial charge in [-0.25, -0.2) is 4.39 Å². The van der Waals surface area contributed by atoms with Crippen molar-refractivity contribution in [1.82, 2.24) is 10.6 Å². The molecule has 2 unspecified atom stereocenters. The molecule has 2 amide bonds. The van der Waals surface area contributed by atoms with E-state index in [1.165, 1.54) is 18.2 Å². The molecule has 1 fully saturated rings. The van der Waals surface area contributed by atoms with Crippen LogP contribution in [0.3, 0.4) is 0 Å². The Bertz CT molecular complexity index is 521. The normalized spacial score (nSPS) is 21.0. The first-order valence-electron chi connectivity index (χ1n) is 7.08. The summed E-state index contributed by atoms with van der Waals surface area (Å²) >= 11 is 0. The van der Waals surface area contributed by atoms with Crippen molar-refractivity contribution in [3.8, 4) is 0 Å². The van der Waals surface area contributed by atoms with E-state index in [0.29, 0.717) is 12.8 Å². The van der Waals surface area contributed by atoms with Gasteiger partial charge in [-0.1, -0.05) is 12.1 Å². The topological polar surface area (TPSA) is 78.4 Å². The lowest BCUT2D eigenvalue weighted by molar-refractivity contribution is -0.127. The van der Waals surface area contributed by atoms with Gasteiger partial charge in [-0.15, -0.1) is 0 Å². The molecule has 3 N–H and O–H groups in total. The molecule has 0 aromatic heterocycles. The van der Waals surface area contributed by atoms with Gasteiger partial charge in [-0.3, -0.25) is 9.59 Å². The zero-order valence-electron chi connectivity index (χ0n) is 11.6. The van der Waals surface area contributed by atoms with Crippen molar-refractivity contribution < 1.29 is 19.1 Å². The monoisotopic (exact) mass is 294 g/mol. The highest BCUT2D eigenvalue weighted by Gasteiger charge is 2.30. The first kappa shape index (κ1) is 15.4. The number of benzene rings is 1. The van der Waals surface area contributed by atoms with Crippen molar-refractivity contribution in [2.24, 2.45) is 5.92 Å². The molecule has 0 bridgehead atoms. The SMILES string of the molecule is O=C(NCCNC(=O)C1CCCC1O)c1ccccc1F. The maximum atomic E-state index is 13.4. The lowest BCUT2D eigenvalue weighted by Gasteiger charge is -2.14. The predicted molar refractivity (Wildman–Crippen MR) is 75.1 cm³/mol. The number of hydrogen-bond acceptors (Lipinski definition) is 3. The van der Waals surface area contributed by atoms with Crippen molar-refractivity contribution in [3.05, 3.63) is 35.6 Å². The summed E-state index contributed by atoms with van der Waals surface area (Å²) in [5, 5.41) is 14.8. The number of rotatable bonds is 5. The fourth-order valence-electron chi connectivity index (χ4n) is 2.48. The summed E-state index contributed by atoms with van der Waals surface area (Å²) in [6.07, 6.45) is 1.62. The highest BCUT2D eigenvalue weighted by Crippen LogP contribution is 2.25. The number of amides is 2. The maximum Gasteiger partial charge on any atom is 0.254 e. The Hall–Kier alpha value is -1.95. The quantitative estimate of drug-likeness (QED) is 0.704. The number of halogens is 1. The van der Waals surface area contributed by atoms with Gasteiger partial charge in [0, 0.05) is 13.1 Å². The Morgan fingerprint density at radius 1 is 1.19 bits per heavy atom. The molecule has 1 aliphatic carbocycles. The number of aliphatic hydroxyl groups excluding tert-OH is 1. The van der Waals surface area contributed by atoms with Crippen LogP contribution in [0.15, 0.2) is 24.3 Å². The first-order valence-corrected chi connectivity index (χ1v) is 7.08. The zero-order chi connectivity index (χ0) is 15.2. The number of carbonyl (C=O) groups excluding carboxylic acids is 2. The zero-order valence-corrected chi connectivity index (χ0v) is 11.6. The molecule has 0 saturated heterocycles. The van der Waals surface area contributed by atoms with E-state index in [2.05, 4.69) is 10.6 Å². The van der Waals surface area contributed by atoms with Crippen LogP contribution in [0.1, 0.15) is 29.6 Å². The third-order valence-electron chi connectivity index (χ3n) is 3.64. The minimum absolute atomic E-state index is 0.0185. The molecule has 0 radical (unpaired) electrons. The minimum atomic E-state index is -0.576. The third kappa shape index (κ3) is 4.01. The molecule has 2 atom stereocenters. The Labute approximate surface area is 122 Å². The Morgan fingerprint density at radius 2 is 1.90 bits per heavy atom. The minimum Gasteiger partial charge on any atom is -0.392 e. The van der Waals surface area contributed by atoms with Gasteiger partial charge in [0.15, 0.2) is 0 Å². The Balaban J connectivity index is 1.71. The first-order chi connectivity index (χ1) is 10.1. The standard InChI is InChI=1S/C15H19FN2O3/c16-12-6-2-1-4-10(12)14(20)17-8-9-18-15(21)11-5-3-7-13(11)19/h1-2,4,6,11,13,19H,3,5,7-9H2,(H,17,20)(H,18,21). The van der Waals surface area contributed by atoms with Crippen molar-refractivity contribution in [2.45, 2.75) is 25.4 Å². The van der Waals surface area contributed by atoms with Gasteiger partial charge in [-0.05, 0) is 31.4 Å². The average Bonchev–Trinajstić information content (AvgIpc) is 2.90. The molecule has 1 aliphatic rings. The molecule has 0 spiro atoms. The van der Waals surface area contributed by atoms with E-state index >= 15 is 0 Å². The Morgan fingerprint density at radius 3 is 2.57 bits per heavy atom. The molecule has 114 valence electrons. The number of carbonyl (C=O) groups is 2. The van der Waals surface area contributed by atoms with Crippen LogP contribution in [0.4, 0.5) is 4.39 Å². The van der Waals surface area contributed by atoms with Gasteiger partial charge < -0.3 is 15.7 Å². The van der Waals surface area contributed by atoms with Crippen LogP contribution in [0.25, 0.3) is 0 Å². The number of aliphatic hydroxyl groups is 1. The fourth-order valence-corrected chi connectivity index (χ4v) is 2.48. The molecule has 6 heteroatoms. The summed E-state index contributed by atoms with van der Waals surface area (Å²) in [5.74, 6) is -1.64. The van der Waals surface area contributed by atoms with Crippen LogP contribution in [-0.4, -0.2) is 36.1 Å². The fraction of sp³-hybridized carbons (Fsp3) is 0.467. The van der Waals surface area contributed by atoms with Crippen LogP contribution >= 0.6 is 0 Å². The van der Waals surface area contributed by atoms with E-state index in [9.17, 15) is 19.1 Å². The van der Waals surface area contributed by atoms with Crippen LogP contribution in [0.2, 0.25) is 0 Å². The molecule has 1 aromatic carbocycles. The molecule has 5 nitrogen and oxygen atoms in total. The van der Waals surface area contributed by atoms with Gasteiger partial charge in [0.25, 0.3) is 5.91 Å². The van der Waals surface area contributed by atoms with Crippen LogP contribution in [0.5, 0.6) is 0 Å². The van der Waals surface area contributed by atoms with Crippen molar-refractivity contribution in [1.29, 1.82) is 0 Å². The van der Waals surface area contributed by atoms with E-state index in [-0.39, 0.29) is 30.5 Å². The van der Waals surface area contributed by atoms with E-state index in [1.54, 1.807) is 6.07 Å². The van der Waals surface area contributed by atoms with Crippen LogP contribution in [0, 0.1) is 11.7 Å². The van der Waals surface area contributed by atoms with Crippen molar-refractivity contribution in [3.63, 3.8) is 0 Å². The second-order valence-corrected chi connectivity index (χ2v) is 5.13. The molecule has 2 rings (SSSR count). The van der Waals surface area contributed by atoms with Crippen LogP contribution in [-0.2, 0) is 4.79 Å². The van der Waals surface area contributed by atoms with E-state index in [1.807, 2.05) is 0 Å². The summed E-state index contributed by atoms with van der Waals surface area (Å²) in [5.41, 5.74) is -0.0185. The molecule has 1 aromatic rings. The Kier molecular flexibility index (Phi) is 5.27. The molecule has 21 heavy (non-hydrogen) atoms. The van der Waals surface area contributed by atoms with Gasteiger partial charge in [0.1, 0.15) is 5.82 Å². The summed E-state index contributed by atoms with van der Waals surface area (Å²) in [6.45, 7) is 0.462. The number of nitrogens with one attached hydrogen (secondary N) is 2. The van der Waals surface area contributed by atoms with Gasteiger partial charge in [0.05, 0.1) is 17.6 Å². The van der Waals surface area contributed by atoms with Crippen molar-refractivity contribution in [2.75, 3.05) is 13.1 Å². The van der Waals surface area contributed by atoms with E-state index in [4.69, 9.17) is 0 Å². The third-order valence-corrected chi connectivity index (χ3v) is 3.64. The predicted octanol–water partition coefficient (Wildman–Crippen LogP) is 0.833. The van der Waals surface area contributed by atoms with Crippen LogP contribution < -0.4 is 10.6 Å². The molecular formula is C15H19FN2O3. The van der Waals surface area contributed by atoms with Gasteiger partial charge in [0.2, 0.25) is 5.91 Å². The second kappa shape index (κ2) is 7.17. The molecule has 0 aliphatic heterocycles. The summed E-state index contributed by atoms with van der Waals surface area (Å²) in [6, 6.07) is 5.72. The highest BCUT2D eigenvalue weighted by atomic mass is 19.1. The highest BCUT2D eigenvalue weighted by molar-refractivity contribution is 5.94. The van der Waals surface area contributed by atoms with Gasteiger partial charge >= 0.3 is 0 Å². The molecule has 0 heterocycles. The molecular weight excluding hydrogens is 275 g/mol. The second-order valence-electron chi connectivity index (χ2n) is 5.13. The lowest BCUT2D eigenvalue weighted by Crippen LogP contribution is -2.39. The smallest absolute Gasteiger partial charge is 0.254 e. The average molecular weight is 294 g/mol. The van der Waals surface area contributed by atoms with Crippen molar-refractivity contribution >= 4 is 11.8 Å². The van der Waals surface area contributed by atoms with E-state index < -0.39 is 17.8 Å². The summed E-state index contributed by atoms with van der Waals surface area (Å²) in [4.78, 5) is 23.5. The van der Waals surface area contributed by atoms with E-state index in [0.717, 1.165) is 6.42 Å². The lowest BCUT2D eigenvalue weighted by atomic mass is 10.1. The summed E-state index contributed by atoms with van der Waals surface area (Å²) in [7, 11) is 0. The molecule has 1 saturated carbocycles. The number of hydrogen-bond donors (Lipinski definition) is 3. The largest absolute Gasteiger partial charge is 0.392 e. The summed E-state index contributed by atoms with van der Waals surface area (Å²) < 4.78 is 13.4.